The molecule has 2 aliphatic carbocycles. The maximum absolute atomic E-state index is 11.6. The number of rotatable bonds is 6. The summed E-state index contributed by atoms with van der Waals surface area (Å²) in [4.78, 5) is 23.2. The van der Waals surface area contributed by atoms with Gasteiger partial charge >= 0.3 is 11.9 Å². The first-order valence-corrected chi connectivity index (χ1v) is 7.49. The van der Waals surface area contributed by atoms with Gasteiger partial charge in [-0.2, -0.15) is 0 Å². The standard InChI is InChI=1S/C17H24O4/c1-11(2)15(18)20-9-14-7-13-5-6-17(14,8-13)10-21-16(19)12(3)4/h13-14H,1,3,5-10H2,2,4H3. The molecule has 0 aliphatic heterocycles. The Morgan fingerprint density at radius 2 is 1.76 bits per heavy atom. The largest absolute Gasteiger partial charge is 0.462 e. The van der Waals surface area contributed by atoms with Crippen LogP contribution in [0.5, 0.6) is 0 Å². The number of hydrogen-bond acceptors (Lipinski definition) is 4. The first-order chi connectivity index (χ1) is 9.84. The van der Waals surface area contributed by atoms with Gasteiger partial charge in [-0.05, 0) is 45.4 Å². The molecule has 4 heteroatoms. The van der Waals surface area contributed by atoms with E-state index in [9.17, 15) is 9.59 Å². The fourth-order valence-corrected chi connectivity index (χ4v) is 3.62. The third-order valence-electron chi connectivity index (χ3n) is 4.83. The summed E-state index contributed by atoms with van der Waals surface area (Å²) in [5, 5.41) is 0. The van der Waals surface area contributed by atoms with Gasteiger partial charge in [0.1, 0.15) is 0 Å². The molecule has 2 rings (SSSR count). The Bertz CT molecular complexity index is 479. The highest BCUT2D eigenvalue weighted by atomic mass is 16.5. The van der Waals surface area contributed by atoms with E-state index in [-0.39, 0.29) is 23.3 Å². The molecule has 0 aromatic carbocycles. The molecule has 2 fully saturated rings. The van der Waals surface area contributed by atoms with Crippen LogP contribution in [0.2, 0.25) is 0 Å². The summed E-state index contributed by atoms with van der Waals surface area (Å²) in [6.45, 7) is 11.3. The molecule has 0 amide bonds. The van der Waals surface area contributed by atoms with Gasteiger partial charge in [0.15, 0.2) is 0 Å². The number of carbonyl (C=O) groups is 2. The monoisotopic (exact) mass is 292 g/mol. The molecular weight excluding hydrogens is 268 g/mol. The summed E-state index contributed by atoms with van der Waals surface area (Å²) in [7, 11) is 0. The van der Waals surface area contributed by atoms with E-state index in [1.54, 1.807) is 13.8 Å². The van der Waals surface area contributed by atoms with Crippen molar-refractivity contribution in [1.29, 1.82) is 0 Å². The molecule has 0 saturated heterocycles. The highest BCUT2D eigenvalue weighted by Gasteiger charge is 2.53. The van der Waals surface area contributed by atoms with Gasteiger partial charge in [-0.25, -0.2) is 9.59 Å². The molecule has 2 aliphatic rings. The minimum Gasteiger partial charge on any atom is -0.462 e. The maximum atomic E-state index is 11.6. The third kappa shape index (κ3) is 3.36. The van der Waals surface area contributed by atoms with Crippen LogP contribution in [0.15, 0.2) is 24.3 Å². The van der Waals surface area contributed by atoms with Crippen LogP contribution in [0.4, 0.5) is 0 Å². The molecular formula is C17H24O4. The molecule has 0 aromatic rings. The van der Waals surface area contributed by atoms with Crippen LogP contribution >= 0.6 is 0 Å². The van der Waals surface area contributed by atoms with Gasteiger partial charge in [0.05, 0.1) is 13.2 Å². The van der Waals surface area contributed by atoms with Crippen LogP contribution < -0.4 is 0 Å². The third-order valence-corrected chi connectivity index (χ3v) is 4.83. The predicted octanol–water partition coefficient (Wildman–Crippen LogP) is 3.03. The second kappa shape index (κ2) is 6.04. The van der Waals surface area contributed by atoms with Crippen molar-refractivity contribution in [3.63, 3.8) is 0 Å². The first-order valence-electron chi connectivity index (χ1n) is 7.49. The van der Waals surface area contributed by atoms with Gasteiger partial charge in [0, 0.05) is 22.5 Å². The van der Waals surface area contributed by atoms with Crippen LogP contribution in [0.25, 0.3) is 0 Å². The second-order valence-electron chi connectivity index (χ2n) is 6.64. The van der Waals surface area contributed by atoms with E-state index in [0.717, 1.165) is 19.3 Å². The Balaban J connectivity index is 1.95. The SMILES string of the molecule is C=C(C)C(=O)OCC1CC2CCC1(COC(=O)C(=C)C)C2. The van der Waals surface area contributed by atoms with E-state index >= 15 is 0 Å². The summed E-state index contributed by atoms with van der Waals surface area (Å²) in [6.07, 6.45) is 4.33. The van der Waals surface area contributed by atoms with E-state index in [4.69, 9.17) is 9.47 Å². The Labute approximate surface area is 126 Å². The summed E-state index contributed by atoms with van der Waals surface area (Å²) in [6, 6.07) is 0. The molecule has 0 N–H and O–H groups in total. The van der Waals surface area contributed by atoms with Crippen LogP contribution in [0.3, 0.4) is 0 Å². The fraction of sp³-hybridized carbons (Fsp3) is 0.647. The lowest BCUT2D eigenvalue weighted by Gasteiger charge is -2.34. The number of carbonyl (C=O) groups excluding carboxylic acids is 2. The number of esters is 2. The van der Waals surface area contributed by atoms with Gasteiger partial charge in [-0.1, -0.05) is 13.2 Å². The van der Waals surface area contributed by atoms with Gasteiger partial charge in [0.2, 0.25) is 0 Å². The summed E-state index contributed by atoms with van der Waals surface area (Å²) >= 11 is 0. The van der Waals surface area contributed by atoms with Crippen molar-refractivity contribution >= 4 is 11.9 Å². The Kier molecular flexibility index (Phi) is 4.55. The summed E-state index contributed by atoms with van der Waals surface area (Å²) in [5.74, 6) is 0.267. The molecule has 2 saturated carbocycles. The van der Waals surface area contributed by atoms with Crippen LogP contribution in [0, 0.1) is 17.3 Å². The number of ether oxygens (including phenoxy) is 2. The smallest absolute Gasteiger partial charge is 0.333 e. The van der Waals surface area contributed by atoms with E-state index in [2.05, 4.69) is 13.2 Å². The average molecular weight is 292 g/mol. The lowest BCUT2D eigenvalue weighted by molar-refractivity contribution is -0.148. The van der Waals surface area contributed by atoms with Gasteiger partial charge in [0.25, 0.3) is 0 Å². The van der Waals surface area contributed by atoms with Crippen molar-refractivity contribution in [2.24, 2.45) is 17.3 Å². The first kappa shape index (κ1) is 15.8. The Hall–Kier alpha value is -1.58. The molecule has 21 heavy (non-hydrogen) atoms. The van der Waals surface area contributed by atoms with Gasteiger partial charge in [-0.3, -0.25) is 0 Å². The zero-order chi connectivity index (χ0) is 15.6. The normalized spacial score (nSPS) is 30.0. The topological polar surface area (TPSA) is 52.6 Å². The lowest BCUT2D eigenvalue weighted by Crippen LogP contribution is -2.35. The maximum Gasteiger partial charge on any atom is 0.333 e. The Morgan fingerprint density at radius 1 is 1.14 bits per heavy atom. The van der Waals surface area contributed by atoms with Gasteiger partial charge < -0.3 is 9.47 Å². The van der Waals surface area contributed by atoms with Crippen LogP contribution in [-0.2, 0) is 19.1 Å². The molecule has 0 heterocycles. The fourth-order valence-electron chi connectivity index (χ4n) is 3.62. The van der Waals surface area contributed by atoms with E-state index in [1.807, 2.05) is 0 Å². The summed E-state index contributed by atoms with van der Waals surface area (Å²) < 4.78 is 10.7. The number of fused-ring (bicyclic) bond motifs is 2. The second-order valence-corrected chi connectivity index (χ2v) is 6.64. The van der Waals surface area contributed by atoms with Gasteiger partial charge in [-0.15, -0.1) is 0 Å². The lowest BCUT2D eigenvalue weighted by atomic mass is 9.76. The Morgan fingerprint density at radius 3 is 2.33 bits per heavy atom. The van der Waals surface area contributed by atoms with Crippen molar-refractivity contribution < 1.29 is 19.1 Å². The van der Waals surface area contributed by atoms with Crippen molar-refractivity contribution in [3.8, 4) is 0 Å². The van der Waals surface area contributed by atoms with E-state index in [1.165, 1.54) is 6.42 Å². The molecule has 0 spiro atoms. The van der Waals surface area contributed by atoms with Crippen molar-refractivity contribution in [2.45, 2.75) is 39.5 Å². The molecule has 4 nitrogen and oxygen atoms in total. The summed E-state index contributed by atoms with van der Waals surface area (Å²) in [5.41, 5.74) is 0.815. The number of hydrogen-bond donors (Lipinski definition) is 0. The minimum atomic E-state index is -0.341. The average Bonchev–Trinajstić information content (AvgIpc) is 2.99. The molecule has 3 atom stereocenters. The molecule has 116 valence electrons. The molecule has 0 radical (unpaired) electrons. The van der Waals surface area contributed by atoms with E-state index in [0.29, 0.717) is 30.3 Å². The zero-order valence-corrected chi connectivity index (χ0v) is 12.9. The highest BCUT2D eigenvalue weighted by Crippen LogP contribution is 2.57. The predicted molar refractivity (Wildman–Crippen MR) is 79.4 cm³/mol. The van der Waals surface area contributed by atoms with E-state index < -0.39 is 0 Å². The molecule has 0 aromatic heterocycles. The van der Waals surface area contributed by atoms with Crippen molar-refractivity contribution in [3.05, 3.63) is 24.3 Å². The quantitative estimate of drug-likeness (QED) is 0.558. The van der Waals surface area contributed by atoms with Crippen molar-refractivity contribution in [2.75, 3.05) is 13.2 Å². The molecule has 2 bridgehead atoms. The molecule has 3 unspecified atom stereocenters. The highest BCUT2D eigenvalue weighted by molar-refractivity contribution is 5.87. The van der Waals surface area contributed by atoms with Crippen molar-refractivity contribution in [1.82, 2.24) is 0 Å². The van der Waals surface area contributed by atoms with Crippen LogP contribution in [0.1, 0.15) is 39.5 Å². The zero-order valence-electron chi connectivity index (χ0n) is 12.9. The van der Waals surface area contributed by atoms with Crippen LogP contribution in [-0.4, -0.2) is 25.2 Å². The minimum absolute atomic E-state index is 0.0227.